The average Bonchev–Trinajstić information content (AvgIpc) is 3.49. The van der Waals surface area contributed by atoms with Crippen LogP contribution in [0.1, 0.15) is 0 Å². The third kappa shape index (κ3) is 4.61. The standard InChI is InChI=1S/C46H30N4/c1-3-13-31(14-4-1)40-30-41(48-46(47-40)33-15-5-2-6-16-33)32-23-25-37(26-24-32)49-42-21-11-9-19-38(42)39-20-10-12-22-43(39)50-44-28-35-18-8-7-17-34(35)27-36(44)29-45(49)50/h1-30H. The number of fused-ring (bicyclic) bond motifs is 8. The molecule has 0 saturated carbocycles. The minimum Gasteiger partial charge on any atom is -0.295 e. The molecule has 0 radical (unpaired) electrons. The Morgan fingerprint density at radius 3 is 1.62 bits per heavy atom. The quantitative estimate of drug-likeness (QED) is 0.192. The van der Waals surface area contributed by atoms with E-state index in [1.165, 1.54) is 38.5 Å². The van der Waals surface area contributed by atoms with Gasteiger partial charge in [-0.3, -0.25) is 9.47 Å². The summed E-state index contributed by atoms with van der Waals surface area (Å²) in [6.07, 6.45) is 0. The van der Waals surface area contributed by atoms with Crippen molar-refractivity contribution in [3.8, 4) is 50.7 Å². The van der Waals surface area contributed by atoms with E-state index in [0.717, 1.165) is 45.3 Å². The Balaban J connectivity index is 1.16. The molecule has 4 nitrogen and oxygen atoms in total. The van der Waals surface area contributed by atoms with E-state index in [4.69, 9.17) is 9.97 Å². The fraction of sp³-hybridized carbons (Fsp3) is 0. The first kappa shape index (κ1) is 28.3. The van der Waals surface area contributed by atoms with E-state index in [-0.39, 0.29) is 0 Å². The highest BCUT2D eigenvalue weighted by atomic mass is 15.3. The van der Waals surface area contributed by atoms with Crippen LogP contribution in [0.25, 0.3) is 72.4 Å². The first-order chi connectivity index (χ1) is 24.8. The van der Waals surface area contributed by atoms with Gasteiger partial charge in [0.2, 0.25) is 0 Å². The summed E-state index contributed by atoms with van der Waals surface area (Å²) in [5.74, 6) is 1.81. The second-order valence-corrected chi connectivity index (χ2v) is 12.7. The Bertz CT molecular complexity index is 2640. The van der Waals surface area contributed by atoms with Crippen molar-refractivity contribution in [2.75, 3.05) is 4.90 Å². The van der Waals surface area contributed by atoms with Gasteiger partial charge in [0.1, 0.15) is 5.82 Å². The molecular formula is C46H30N4. The molecule has 0 saturated heterocycles. The Morgan fingerprint density at radius 2 is 0.920 bits per heavy atom. The van der Waals surface area contributed by atoms with E-state index in [2.05, 4.69) is 155 Å². The lowest BCUT2D eigenvalue weighted by Crippen LogP contribution is -2.12. The lowest BCUT2D eigenvalue weighted by Gasteiger charge is -2.26. The fourth-order valence-corrected chi connectivity index (χ4v) is 7.34. The fourth-order valence-electron chi connectivity index (χ4n) is 7.34. The number of benzene rings is 7. The lowest BCUT2D eigenvalue weighted by molar-refractivity contribution is 1.09. The molecule has 0 bridgehead atoms. The van der Waals surface area contributed by atoms with Crippen molar-refractivity contribution < 1.29 is 0 Å². The molecule has 234 valence electrons. The topological polar surface area (TPSA) is 34.0 Å². The van der Waals surface area contributed by atoms with Crippen LogP contribution in [-0.4, -0.2) is 14.5 Å². The van der Waals surface area contributed by atoms with Gasteiger partial charge in [0.25, 0.3) is 0 Å². The molecule has 0 N–H and O–H groups in total. The Labute approximate surface area is 290 Å². The van der Waals surface area contributed by atoms with Crippen molar-refractivity contribution in [1.29, 1.82) is 0 Å². The van der Waals surface area contributed by atoms with Gasteiger partial charge < -0.3 is 0 Å². The van der Waals surface area contributed by atoms with Crippen LogP contribution in [0.4, 0.5) is 17.2 Å². The Morgan fingerprint density at radius 1 is 0.380 bits per heavy atom. The monoisotopic (exact) mass is 638 g/mol. The van der Waals surface area contributed by atoms with Crippen LogP contribution >= 0.6 is 0 Å². The molecule has 2 aromatic heterocycles. The second-order valence-electron chi connectivity index (χ2n) is 12.7. The zero-order chi connectivity index (χ0) is 33.0. The average molecular weight is 639 g/mol. The van der Waals surface area contributed by atoms with E-state index >= 15 is 0 Å². The molecule has 7 aromatic carbocycles. The number of nitrogens with zero attached hydrogens (tertiary/aromatic N) is 4. The summed E-state index contributed by atoms with van der Waals surface area (Å²) in [5.41, 5.74) is 11.8. The largest absolute Gasteiger partial charge is 0.295 e. The predicted molar refractivity (Wildman–Crippen MR) is 206 cm³/mol. The van der Waals surface area contributed by atoms with Gasteiger partial charge >= 0.3 is 0 Å². The van der Waals surface area contributed by atoms with Gasteiger partial charge in [-0.1, -0.05) is 133 Å². The van der Waals surface area contributed by atoms with Crippen LogP contribution in [0.5, 0.6) is 0 Å². The van der Waals surface area contributed by atoms with Crippen molar-refractivity contribution in [2.45, 2.75) is 0 Å². The van der Waals surface area contributed by atoms with Crippen molar-refractivity contribution in [3.63, 3.8) is 0 Å². The van der Waals surface area contributed by atoms with E-state index in [9.17, 15) is 0 Å². The van der Waals surface area contributed by atoms with Crippen LogP contribution in [-0.2, 0) is 0 Å². The Hall–Kier alpha value is -6.78. The highest BCUT2D eigenvalue weighted by molar-refractivity contribution is 6.04. The van der Waals surface area contributed by atoms with Crippen LogP contribution in [0.2, 0.25) is 0 Å². The van der Waals surface area contributed by atoms with Crippen molar-refractivity contribution in [2.24, 2.45) is 0 Å². The van der Waals surface area contributed by atoms with Crippen LogP contribution in [0.3, 0.4) is 0 Å². The zero-order valence-corrected chi connectivity index (χ0v) is 27.1. The molecule has 9 aromatic rings. The summed E-state index contributed by atoms with van der Waals surface area (Å²) < 4.78 is 2.42. The second kappa shape index (κ2) is 11.4. The number of rotatable bonds is 4. The molecule has 0 amide bonds. The van der Waals surface area contributed by atoms with E-state index < -0.39 is 0 Å². The highest BCUT2D eigenvalue weighted by Gasteiger charge is 2.28. The normalized spacial score (nSPS) is 12.0. The van der Waals surface area contributed by atoms with Gasteiger partial charge in [-0.25, -0.2) is 9.97 Å². The summed E-state index contributed by atoms with van der Waals surface area (Å²) in [7, 11) is 0. The Kier molecular flexibility index (Phi) is 6.46. The summed E-state index contributed by atoms with van der Waals surface area (Å²) in [4.78, 5) is 12.5. The van der Waals surface area contributed by atoms with E-state index in [0.29, 0.717) is 5.82 Å². The summed E-state index contributed by atoms with van der Waals surface area (Å²) in [5, 5.41) is 3.67. The molecule has 1 aliphatic heterocycles. The number of anilines is 3. The van der Waals surface area contributed by atoms with Crippen molar-refractivity contribution in [1.82, 2.24) is 14.5 Å². The van der Waals surface area contributed by atoms with Gasteiger partial charge in [0.15, 0.2) is 5.82 Å². The molecule has 0 aliphatic carbocycles. The molecule has 50 heavy (non-hydrogen) atoms. The lowest BCUT2D eigenvalue weighted by atomic mass is 10.0. The smallest absolute Gasteiger partial charge is 0.160 e. The third-order valence-corrected chi connectivity index (χ3v) is 9.71. The van der Waals surface area contributed by atoms with Crippen LogP contribution < -0.4 is 4.90 Å². The van der Waals surface area contributed by atoms with E-state index in [1.54, 1.807) is 0 Å². The maximum Gasteiger partial charge on any atom is 0.160 e. The zero-order valence-electron chi connectivity index (χ0n) is 27.1. The summed E-state index contributed by atoms with van der Waals surface area (Å²) in [6.45, 7) is 0. The minimum atomic E-state index is 0.710. The molecule has 4 heteroatoms. The molecule has 0 atom stereocenters. The number of hydrogen-bond acceptors (Lipinski definition) is 3. The SMILES string of the molecule is c1ccc(-c2cc(-c3ccc(N4c5ccccc5-c5ccccc5-n5c4cc4cc6ccccc6cc45)cc3)nc(-c3ccccc3)n2)cc1. The number of hydrogen-bond donors (Lipinski definition) is 0. The number of para-hydroxylation sites is 2. The maximum atomic E-state index is 5.08. The first-order valence-electron chi connectivity index (χ1n) is 16.9. The summed E-state index contributed by atoms with van der Waals surface area (Å²) in [6, 6.07) is 64.5. The maximum absolute atomic E-state index is 5.08. The molecule has 1 aliphatic rings. The first-order valence-corrected chi connectivity index (χ1v) is 16.9. The van der Waals surface area contributed by atoms with Crippen LogP contribution in [0.15, 0.2) is 182 Å². The van der Waals surface area contributed by atoms with Crippen LogP contribution in [0, 0.1) is 0 Å². The van der Waals surface area contributed by atoms with E-state index in [1.807, 2.05) is 36.4 Å². The minimum absolute atomic E-state index is 0.710. The molecule has 0 fully saturated rings. The van der Waals surface area contributed by atoms with Crippen molar-refractivity contribution >= 4 is 38.9 Å². The highest BCUT2D eigenvalue weighted by Crippen LogP contribution is 2.49. The van der Waals surface area contributed by atoms with Gasteiger partial charge in [0.05, 0.1) is 28.3 Å². The molecule has 0 spiro atoms. The molecule has 0 unspecified atom stereocenters. The molecular weight excluding hydrogens is 609 g/mol. The van der Waals surface area contributed by atoms with Crippen molar-refractivity contribution in [3.05, 3.63) is 182 Å². The molecule has 3 heterocycles. The predicted octanol–water partition coefficient (Wildman–Crippen LogP) is 12.0. The number of aromatic nitrogens is 3. The van der Waals surface area contributed by atoms with Gasteiger partial charge in [-0.05, 0) is 59.3 Å². The van der Waals surface area contributed by atoms with Gasteiger partial charge in [-0.15, -0.1) is 0 Å². The summed E-state index contributed by atoms with van der Waals surface area (Å²) >= 11 is 0. The van der Waals surface area contributed by atoms with Gasteiger partial charge in [0, 0.05) is 38.9 Å². The van der Waals surface area contributed by atoms with Gasteiger partial charge in [-0.2, -0.15) is 0 Å². The molecule has 10 rings (SSSR count). The third-order valence-electron chi connectivity index (χ3n) is 9.71.